The van der Waals surface area contributed by atoms with E-state index in [2.05, 4.69) is 0 Å². The Hall–Kier alpha value is -1.97. The summed E-state index contributed by atoms with van der Waals surface area (Å²) in [5.41, 5.74) is -1.02. The third-order valence-electron chi connectivity index (χ3n) is 2.12. The van der Waals surface area contributed by atoms with E-state index in [9.17, 15) is 14.4 Å². The monoisotopic (exact) mass is 294 g/mol. The lowest BCUT2D eigenvalue weighted by Crippen LogP contribution is -2.33. The minimum atomic E-state index is -1.31. The van der Waals surface area contributed by atoms with E-state index in [0.717, 1.165) is 6.08 Å². The predicted molar refractivity (Wildman–Crippen MR) is 65.0 cm³/mol. The minimum absolute atomic E-state index is 0.128. The molecule has 9 nitrogen and oxygen atoms in total. The van der Waals surface area contributed by atoms with Crippen LogP contribution < -0.4 is 0 Å². The highest BCUT2D eigenvalue weighted by molar-refractivity contribution is 5.88. The molecular weight excluding hydrogens is 276 g/mol. The Kier molecular flexibility index (Phi) is 11.1. The van der Waals surface area contributed by atoms with Gasteiger partial charge < -0.3 is 30.6 Å². The molecule has 0 aliphatic rings. The molecule has 0 spiro atoms. The first-order valence-electron chi connectivity index (χ1n) is 5.38. The van der Waals surface area contributed by atoms with Crippen LogP contribution in [0.25, 0.3) is 0 Å². The summed E-state index contributed by atoms with van der Waals surface area (Å²) < 4.78 is 0. The zero-order chi connectivity index (χ0) is 16.2. The molecule has 0 saturated carbocycles. The first kappa shape index (κ1) is 20.3. The van der Waals surface area contributed by atoms with Gasteiger partial charge in [-0.1, -0.05) is 6.08 Å². The van der Waals surface area contributed by atoms with Crippen LogP contribution in [0.4, 0.5) is 0 Å². The Labute approximate surface area is 114 Å². The summed E-state index contributed by atoms with van der Waals surface area (Å²) in [6.07, 6.45) is 1.53. The van der Waals surface area contributed by atoms with Crippen LogP contribution >= 0.6 is 0 Å². The van der Waals surface area contributed by atoms with Crippen LogP contribution in [0.2, 0.25) is 0 Å². The highest BCUT2D eigenvalue weighted by Gasteiger charge is 2.26. The van der Waals surface area contributed by atoms with Crippen LogP contribution in [0, 0.1) is 5.41 Å². The molecule has 0 heterocycles. The molecule has 0 amide bonds. The van der Waals surface area contributed by atoms with Crippen LogP contribution in [-0.2, 0) is 14.4 Å². The van der Waals surface area contributed by atoms with Crippen molar-refractivity contribution >= 4 is 17.9 Å². The number of hydrogen-bond acceptors (Lipinski definition) is 6. The number of carbonyl (C=O) groups is 3. The molecule has 20 heavy (non-hydrogen) atoms. The fourth-order valence-corrected chi connectivity index (χ4v) is 0.883. The van der Waals surface area contributed by atoms with E-state index in [0.29, 0.717) is 0 Å². The molecule has 0 atom stereocenters. The van der Waals surface area contributed by atoms with Gasteiger partial charge in [0.1, 0.15) is 6.42 Å². The summed E-state index contributed by atoms with van der Waals surface area (Å²) in [5.74, 6) is -3.72. The normalized spacial score (nSPS) is 10.8. The first-order valence-corrected chi connectivity index (χ1v) is 5.38. The maximum absolute atomic E-state index is 10.1. The number of aliphatic carboxylic acids is 3. The second-order valence-electron chi connectivity index (χ2n) is 3.88. The van der Waals surface area contributed by atoms with Crippen LogP contribution in [0.1, 0.15) is 12.8 Å². The highest BCUT2D eigenvalue weighted by Crippen LogP contribution is 2.20. The summed E-state index contributed by atoms with van der Waals surface area (Å²) >= 11 is 0. The van der Waals surface area contributed by atoms with Gasteiger partial charge in [0.05, 0.1) is 19.8 Å². The molecule has 0 radical (unpaired) electrons. The van der Waals surface area contributed by atoms with Crippen molar-refractivity contribution < 1.29 is 45.0 Å². The van der Waals surface area contributed by atoms with Crippen molar-refractivity contribution in [2.45, 2.75) is 12.8 Å². The van der Waals surface area contributed by atoms with E-state index in [1.54, 1.807) is 0 Å². The van der Waals surface area contributed by atoms with Gasteiger partial charge in [-0.15, -0.1) is 0 Å². The van der Waals surface area contributed by atoms with Gasteiger partial charge in [-0.25, -0.2) is 4.79 Å². The zero-order valence-electron chi connectivity index (χ0n) is 10.6. The number of carboxylic acid groups (broad SMARTS) is 3. The smallest absolute Gasteiger partial charge is 0.327 e. The van der Waals surface area contributed by atoms with Gasteiger partial charge in [-0.2, -0.15) is 0 Å². The molecule has 0 aromatic carbocycles. The molecule has 0 aromatic rings. The Morgan fingerprint density at radius 1 is 0.850 bits per heavy atom. The molecule has 0 aromatic heterocycles. The lowest BCUT2D eigenvalue weighted by Gasteiger charge is -2.25. The van der Waals surface area contributed by atoms with Crippen molar-refractivity contribution in [3.8, 4) is 0 Å². The molecule has 116 valence electrons. The van der Waals surface area contributed by atoms with Gasteiger partial charge >= 0.3 is 17.9 Å². The molecule has 0 unspecified atom stereocenters. The van der Waals surface area contributed by atoms with Crippen LogP contribution in [-0.4, -0.2) is 68.4 Å². The van der Waals surface area contributed by atoms with Gasteiger partial charge in [-0.05, 0) is 6.42 Å². The van der Waals surface area contributed by atoms with E-state index in [-0.39, 0.29) is 26.2 Å². The Morgan fingerprint density at radius 2 is 1.25 bits per heavy atom. The van der Waals surface area contributed by atoms with Gasteiger partial charge in [-0.3, -0.25) is 9.59 Å². The van der Waals surface area contributed by atoms with Gasteiger partial charge in [0.25, 0.3) is 0 Å². The molecular formula is C11H18O9. The lowest BCUT2D eigenvalue weighted by atomic mass is 9.87. The van der Waals surface area contributed by atoms with Crippen LogP contribution in [0.5, 0.6) is 0 Å². The number of aliphatic hydroxyl groups excluding tert-OH is 3. The van der Waals surface area contributed by atoms with E-state index >= 15 is 0 Å². The molecule has 0 bridgehead atoms. The summed E-state index contributed by atoms with van der Waals surface area (Å²) in [4.78, 5) is 28.9. The lowest BCUT2D eigenvalue weighted by molar-refractivity contribution is -0.147. The van der Waals surface area contributed by atoms with E-state index in [1.165, 1.54) is 6.08 Å². The van der Waals surface area contributed by atoms with Crippen molar-refractivity contribution in [2.75, 3.05) is 19.8 Å². The van der Waals surface area contributed by atoms with Crippen molar-refractivity contribution in [2.24, 2.45) is 5.41 Å². The highest BCUT2D eigenvalue weighted by atomic mass is 16.4. The van der Waals surface area contributed by atoms with Gasteiger partial charge in [0, 0.05) is 11.5 Å². The zero-order valence-corrected chi connectivity index (χ0v) is 10.6. The number of allylic oxidation sites excluding steroid dienone is 1. The maximum Gasteiger partial charge on any atom is 0.327 e. The van der Waals surface area contributed by atoms with Crippen molar-refractivity contribution in [3.63, 3.8) is 0 Å². The van der Waals surface area contributed by atoms with Gasteiger partial charge in [0.2, 0.25) is 0 Å². The number of rotatable bonds is 8. The predicted octanol–water partition coefficient (Wildman–Crippen LogP) is -1.47. The van der Waals surface area contributed by atoms with Crippen molar-refractivity contribution in [3.05, 3.63) is 12.2 Å². The first-order chi connectivity index (χ1) is 9.22. The maximum atomic E-state index is 10.1. The Balaban J connectivity index is 0. The second-order valence-corrected chi connectivity index (χ2v) is 3.88. The average Bonchev–Trinajstić information content (AvgIpc) is 2.34. The molecule has 0 aliphatic carbocycles. The largest absolute Gasteiger partial charge is 0.481 e. The Bertz CT molecular complexity index is 324. The second kappa shape index (κ2) is 10.9. The van der Waals surface area contributed by atoms with Crippen molar-refractivity contribution in [1.82, 2.24) is 0 Å². The summed E-state index contributed by atoms with van der Waals surface area (Å²) in [5, 5.41) is 50.2. The van der Waals surface area contributed by atoms with Crippen LogP contribution in [0.3, 0.4) is 0 Å². The molecule has 9 heteroatoms. The van der Waals surface area contributed by atoms with E-state index < -0.39 is 29.7 Å². The number of hydrogen-bond donors (Lipinski definition) is 6. The Morgan fingerprint density at radius 3 is 1.45 bits per heavy atom. The third-order valence-corrected chi connectivity index (χ3v) is 2.12. The molecule has 6 N–H and O–H groups in total. The van der Waals surface area contributed by atoms with Crippen LogP contribution in [0.15, 0.2) is 12.2 Å². The quantitative estimate of drug-likeness (QED) is 0.230. The molecule has 0 rings (SSSR count). The summed E-state index contributed by atoms with van der Waals surface area (Å²) in [6, 6.07) is 0. The number of carboxylic acids is 3. The van der Waals surface area contributed by atoms with Gasteiger partial charge in [0.15, 0.2) is 0 Å². The topological polar surface area (TPSA) is 173 Å². The average molecular weight is 294 g/mol. The van der Waals surface area contributed by atoms with Crippen molar-refractivity contribution in [1.29, 1.82) is 0 Å². The standard InChI is InChI=1S/C8H14O5.C3H4O4/c9-4-8(5-10,6-11)3-1-2-7(12)13;4-2(5)1-3(6)7/h1-2,9-11H,3-6H2,(H,12,13);1H2,(H,4,5)(H,6,7). The van der Waals surface area contributed by atoms with E-state index in [1.807, 2.05) is 0 Å². The molecule has 0 fully saturated rings. The molecule has 0 saturated heterocycles. The van der Waals surface area contributed by atoms with E-state index in [4.69, 9.17) is 30.6 Å². The fraction of sp³-hybridized carbons (Fsp3) is 0.545. The third kappa shape index (κ3) is 11.1. The molecule has 0 aliphatic heterocycles. The summed E-state index contributed by atoms with van der Waals surface area (Å²) in [7, 11) is 0. The number of aliphatic hydroxyl groups is 3. The fourth-order valence-electron chi connectivity index (χ4n) is 0.883. The minimum Gasteiger partial charge on any atom is -0.481 e. The summed E-state index contributed by atoms with van der Waals surface area (Å²) in [6.45, 7) is -1.15. The SMILES string of the molecule is O=C(O)C=CCC(CO)(CO)CO.O=C(O)CC(=O)O.